The summed E-state index contributed by atoms with van der Waals surface area (Å²) in [6.45, 7) is 3.40. The van der Waals surface area contributed by atoms with Gasteiger partial charge in [-0.15, -0.1) is 11.3 Å². The first-order chi connectivity index (χ1) is 26.8. The first kappa shape index (κ1) is 38.0. The molecule has 2 saturated carbocycles. The highest BCUT2D eigenvalue weighted by Gasteiger charge is 2.63. The van der Waals surface area contributed by atoms with Crippen LogP contribution in [0.2, 0.25) is 0 Å². The molecule has 8 rings (SSSR count). The predicted octanol–water partition coefficient (Wildman–Crippen LogP) is 5.44. The molecule has 4 amide bonds. The Bertz CT molecular complexity index is 2400. The van der Waals surface area contributed by atoms with Crippen LogP contribution in [-0.2, 0) is 24.4 Å². The van der Waals surface area contributed by atoms with Crippen molar-refractivity contribution in [2.75, 3.05) is 6.54 Å². The van der Waals surface area contributed by atoms with Crippen molar-refractivity contribution in [3.63, 3.8) is 0 Å². The summed E-state index contributed by atoms with van der Waals surface area (Å²) in [6, 6.07) is 13.2. The average molecular weight is 802 g/mol. The third-order valence-electron chi connectivity index (χ3n) is 11.7. The van der Waals surface area contributed by atoms with E-state index in [0.717, 1.165) is 28.5 Å². The zero-order valence-electron chi connectivity index (χ0n) is 31.2. The molecule has 0 radical (unpaired) electrons. The molecule has 3 N–H and O–H groups in total. The molecule has 15 heteroatoms. The zero-order chi connectivity index (χ0) is 39.4. The monoisotopic (exact) mass is 801 g/mol. The van der Waals surface area contributed by atoms with Gasteiger partial charge < -0.3 is 20.3 Å². The molecule has 4 heterocycles. The van der Waals surface area contributed by atoms with Gasteiger partial charge in [0.05, 0.1) is 21.7 Å². The molecule has 1 saturated heterocycles. The van der Waals surface area contributed by atoms with Gasteiger partial charge >= 0.3 is 0 Å². The van der Waals surface area contributed by atoms with Crippen molar-refractivity contribution in [3.05, 3.63) is 82.3 Å². The van der Waals surface area contributed by atoms with Crippen LogP contribution < -0.4 is 20.1 Å². The first-order valence-corrected chi connectivity index (χ1v) is 21.4. The number of nitrogens with zero attached hydrogens (tertiary/aromatic N) is 2. The molecular formula is C41H44FN5O7S2. The Morgan fingerprint density at radius 3 is 2.61 bits per heavy atom. The maximum absolute atomic E-state index is 14.7. The Kier molecular flexibility index (Phi) is 9.88. The molecule has 5 atom stereocenters. The normalized spacial score (nSPS) is 26.9. The van der Waals surface area contributed by atoms with E-state index in [4.69, 9.17) is 9.72 Å². The number of aromatic nitrogens is 1. The fraction of sp³-hybridized carbons (Fsp3) is 0.439. The number of nitrogens with one attached hydrogen (secondary N) is 3. The number of aryl methyl sites for hydroxylation is 1. The van der Waals surface area contributed by atoms with Gasteiger partial charge in [0.25, 0.3) is 11.8 Å². The van der Waals surface area contributed by atoms with E-state index >= 15 is 0 Å². The molecule has 56 heavy (non-hydrogen) atoms. The van der Waals surface area contributed by atoms with Crippen LogP contribution >= 0.6 is 11.3 Å². The van der Waals surface area contributed by atoms with Crippen LogP contribution in [0.5, 0.6) is 5.88 Å². The van der Waals surface area contributed by atoms with Crippen LogP contribution in [0.1, 0.15) is 79.3 Å². The second-order valence-corrected chi connectivity index (χ2v) is 19.2. The number of para-hydroxylation sites is 1. The van der Waals surface area contributed by atoms with Crippen molar-refractivity contribution in [3.8, 4) is 5.88 Å². The molecule has 294 valence electrons. The zero-order valence-corrected chi connectivity index (χ0v) is 32.8. The number of carbonyl (C=O) groups is 4. The summed E-state index contributed by atoms with van der Waals surface area (Å²) in [6.07, 6.45) is 7.24. The second-order valence-electron chi connectivity index (χ2n) is 15.8. The minimum atomic E-state index is -4.01. The van der Waals surface area contributed by atoms with Crippen LogP contribution in [0.25, 0.3) is 21.7 Å². The molecule has 0 spiro atoms. The van der Waals surface area contributed by atoms with Gasteiger partial charge in [-0.25, -0.2) is 17.8 Å². The lowest BCUT2D eigenvalue weighted by atomic mass is 10.0. The highest BCUT2D eigenvalue weighted by molar-refractivity contribution is 7.91. The van der Waals surface area contributed by atoms with Gasteiger partial charge in [-0.1, -0.05) is 49.3 Å². The van der Waals surface area contributed by atoms with Crippen molar-refractivity contribution in [1.82, 2.24) is 25.2 Å². The molecule has 0 bridgehead atoms. The van der Waals surface area contributed by atoms with Crippen molar-refractivity contribution in [2.45, 2.75) is 100 Å². The third-order valence-corrected chi connectivity index (χ3v) is 14.8. The summed E-state index contributed by atoms with van der Waals surface area (Å²) in [5.41, 5.74) is -0.927. The molecule has 2 aliphatic heterocycles. The lowest BCUT2D eigenvalue weighted by Gasteiger charge is -2.30. The number of hydrogen-bond acceptors (Lipinski definition) is 9. The molecular weight excluding hydrogens is 758 g/mol. The number of ether oxygens (including phenoxy) is 1. The highest BCUT2D eigenvalue weighted by atomic mass is 32.2. The standard InChI is InChI=1S/C41H44FN5O7S2/c1-24-14-17-34(55-24)36(49)43-32-13-7-5-3-4-6-10-25-22-41(25,39(51)46-56(52,53)40(2)18-19-40)45-35(48)33-21-27(23-47(33)38(32)50)54-37-30-20-26(42)15-16-28(30)29-11-8-9-12-31(29)44-37/h6,8-12,14-17,20,25,27,32-33H,3-5,7,13,18-19,21-23H2,1-2H3,(H,43,49)(H,45,48)(H,46,51)/b10-6-/t25-,27-,32+,33+,41-/m1/s1. The highest BCUT2D eigenvalue weighted by Crippen LogP contribution is 2.47. The largest absolute Gasteiger partial charge is 0.472 e. The number of halogens is 1. The number of amides is 4. The van der Waals surface area contributed by atoms with E-state index < -0.39 is 73.9 Å². The fourth-order valence-corrected chi connectivity index (χ4v) is 9.96. The fourth-order valence-electron chi connectivity index (χ4n) is 7.88. The summed E-state index contributed by atoms with van der Waals surface area (Å²) >= 11 is 1.31. The number of carbonyl (C=O) groups excluding carboxylic acids is 4. The number of allylic oxidation sites excluding steroid dienone is 1. The van der Waals surface area contributed by atoms with E-state index in [1.165, 1.54) is 28.4 Å². The first-order valence-electron chi connectivity index (χ1n) is 19.1. The van der Waals surface area contributed by atoms with Gasteiger partial charge in [-0.3, -0.25) is 23.9 Å². The van der Waals surface area contributed by atoms with Crippen molar-refractivity contribution >= 4 is 66.7 Å². The summed E-state index contributed by atoms with van der Waals surface area (Å²) in [5, 5.41) is 7.76. The Hall–Kier alpha value is -4.89. The Morgan fingerprint density at radius 2 is 1.84 bits per heavy atom. The number of benzene rings is 2. The van der Waals surface area contributed by atoms with E-state index in [1.807, 2.05) is 49.4 Å². The molecule has 12 nitrogen and oxygen atoms in total. The van der Waals surface area contributed by atoms with E-state index in [2.05, 4.69) is 15.4 Å². The van der Waals surface area contributed by atoms with Gasteiger partial charge in [0.2, 0.25) is 27.7 Å². The number of thiophene rings is 1. The molecule has 4 aromatic rings. The maximum atomic E-state index is 14.7. The Balaban J connectivity index is 1.13. The minimum absolute atomic E-state index is 0.0117. The number of fused-ring (bicyclic) bond motifs is 5. The molecule has 2 aromatic carbocycles. The van der Waals surface area contributed by atoms with Crippen molar-refractivity contribution in [2.24, 2.45) is 5.92 Å². The van der Waals surface area contributed by atoms with Crippen LogP contribution in [0.15, 0.2) is 66.7 Å². The quantitative estimate of drug-likeness (QED) is 0.165. The number of hydrogen-bond donors (Lipinski definition) is 3. The molecule has 3 fully saturated rings. The lowest BCUT2D eigenvalue weighted by molar-refractivity contribution is -0.141. The van der Waals surface area contributed by atoms with Gasteiger partial charge in [0, 0.05) is 28.0 Å². The summed E-state index contributed by atoms with van der Waals surface area (Å²) < 4.78 is 48.7. The number of sulfonamides is 1. The van der Waals surface area contributed by atoms with Crippen LogP contribution in [0, 0.1) is 18.7 Å². The Labute approximate surface area is 328 Å². The molecule has 4 aliphatic rings. The smallest absolute Gasteiger partial charge is 0.262 e. The van der Waals surface area contributed by atoms with E-state index in [1.54, 1.807) is 19.1 Å². The summed E-state index contributed by atoms with van der Waals surface area (Å²) in [5.74, 6) is -3.15. The number of pyridine rings is 1. The van der Waals surface area contributed by atoms with Crippen LogP contribution in [0.4, 0.5) is 4.39 Å². The van der Waals surface area contributed by atoms with Gasteiger partial charge in [0.1, 0.15) is 29.5 Å². The van der Waals surface area contributed by atoms with Crippen molar-refractivity contribution in [1.29, 1.82) is 0 Å². The minimum Gasteiger partial charge on any atom is -0.472 e. The van der Waals surface area contributed by atoms with Crippen LogP contribution in [-0.4, -0.2) is 76.9 Å². The predicted molar refractivity (Wildman–Crippen MR) is 210 cm³/mol. The SMILES string of the molecule is Cc1ccc(C(=O)N[C@H]2CCCCC/C=C\[C@@H]3C[C@@]3(C(=O)NS(=O)(=O)C3(C)CC3)NC(=O)[C@@H]3C[C@@H](Oc4nc5ccccc5c5ccc(F)cc45)CN3C2=O)s1. The summed E-state index contributed by atoms with van der Waals surface area (Å²) in [7, 11) is -4.01. The van der Waals surface area contributed by atoms with Crippen molar-refractivity contribution < 1.29 is 36.7 Å². The molecule has 2 aromatic heterocycles. The molecule has 2 aliphatic carbocycles. The maximum Gasteiger partial charge on any atom is 0.262 e. The second kappa shape index (κ2) is 14.6. The average Bonchev–Trinajstić information content (AvgIpc) is 3.97. The van der Waals surface area contributed by atoms with E-state index in [-0.39, 0.29) is 25.3 Å². The Morgan fingerprint density at radius 1 is 1.04 bits per heavy atom. The lowest BCUT2D eigenvalue weighted by Crippen LogP contribution is -2.58. The topological polar surface area (TPSA) is 164 Å². The summed E-state index contributed by atoms with van der Waals surface area (Å²) in [4.78, 5) is 64.0. The molecule has 0 unspecified atom stereocenters. The van der Waals surface area contributed by atoms with E-state index in [0.29, 0.717) is 47.9 Å². The number of rotatable bonds is 7. The van der Waals surface area contributed by atoms with Gasteiger partial charge in [-0.2, -0.15) is 0 Å². The van der Waals surface area contributed by atoms with Crippen LogP contribution in [0.3, 0.4) is 0 Å². The van der Waals surface area contributed by atoms with Gasteiger partial charge in [-0.05, 0) is 88.1 Å². The van der Waals surface area contributed by atoms with Gasteiger partial charge in [0.15, 0.2) is 0 Å². The third kappa shape index (κ3) is 7.26. The van der Waals surface area contributed by atoms with E-state index in [9.17, 15) is 32.0 Å².